The van der Waals surface area contributed by atoms with Crippen LogP contribution in [0.4, 0.5) is 5.69 Å². The number of anilines is 1. The summed E-state index contributed by atoms with van der Waals surface area (Å²) in [5, 5.41) is 0. The zero-order valence-corrected chi connectivity index (χ0v) is 9.23. The number of benzene rings is 1. The molecule has 1 N–H and O–H groups in total. The maximum atomic E-state index is 3.16. The van der Waals surface area contributed by atoms with E-state index >= 15 is 0 Å². The molecular formula is C7H7BrIN. The van der Waals surface area contributed by atoms with Crippen LogP contribution in [-0.4, -0.2) is 0 Å². The Bertz CT molecular complexity index is 237. The minimum absolute atomic E-state index is 1.10. The zero-order valence-electron chi connectivity index (χ0n) is 5.49. The Morgan fingerprint density at radius 2 is 2.20 bits per heavy atom. The van der Waals surface area contributed by atoms with Crippen LogP contribution in [0.15, 0.2) is 18.2 Å². The third-order valence-corrected chi connectivity index (χ3v) is 2.94. The average Bonchev–Trinajstić information content (AvgIpc) is 1.95. The van der Waals surface area contributed by atoms with Gasteiger partial charge in [0.2, 0.25) is 0 Å². The van der Waals surface area contributed by atoms with Gasteiger partial charge in [0, 0.05) is 25.4 Å². The van der Waals surface area contributed by atoms with Crippen LogP contribution in [-0.2, 0) is 0 Å². The van der Waals surface area contributed by atoms with E-state index in [1.54, 1.807) is 0 Å². The van der Waals surface area contributed by atoms with Gasteiger partial charge < -0.3 is 4.34 Å². The molecule has 10 heavy (non-hydrogen) atoms. The number of hydrogen-bond donors (Lipinski definition) is 1. The van der Waals surface area contributed by atoms with Crippen molar-refractivity contribution in [2.24, 2.45) is 0 Å². The molecule has 0 saturated heterocycles. The molecule has 3 heteroatoms. The highest BCUT2D eigenvalue weighted by Crippen LogP contribution is 2.17. The van der Waals surface area contributed by atoms with Crippen LogP contribution >= 0.6 is 38.7 Å². The van der Waals surface area contributed by atoms with Gasteiger partial charge in [-0.25, -0.2) is 0 Å². The van der Waals surface area contributed by atoms with Crippen molar-refractivity contribution in [1.82, 2.24) is 0 Å². The highest BCUT2D eigenvalue weighted by molar-refractivity contribution is 14.1. The summed E-state index contributed by atoms with van der Waals surface area (Å²) in [6, 6.07) is 6.21. The van der Waals surface area contributed by atoms with Gasteiger partial charge in [0.05, 0.1) is 0 Å². The first-order valence-corrected chi connectivity index (χ1v) is 4.74. The van der Waals surface area contributed by atoms with Crippen LogP contribution in [0.5, 0.6) is 0 Å². The first-order valence-electron chi connectivity index (χ1n) is 2.87. The second-order valence-electron chi connectivity index (χ2n) is 2.06. The smallest absolute Gasteiger partial charge is 0.0465 e. The highest BCUT2D eigenvalue weighted by Gasteiger charge is 1.93. The van der Waals surface area contributed by atoms with E-state index in [1.165, 1.54) is 9.13 Å². The van der Waals surface area contributed by atoms with Crippen molar-refractivity contribution in [3.05, 3.63) is 27.3 Å². The number of halogens is 2. The van der Waals surface area contributed by atoms with Crippen molar-refractivity contribution in [2.45, 2.75) is 6.92 Å². The van der Waals surface area contributed by atoms with E-state index in [0.717, 1.165) is 5.69 Å². The Hall–Kier alpha value is 0.230. The van der Waals surface area contributed by atoms with Gasteiger partial charge in [0.25, 0.3) is 0 Å². The summed E-state index contributed by atoms with van der Waals surface area (Å²) in [5.41, 5.74) is 2.39. The molecule has 0 bridgehead atoms. The molecule has 0 saturated carbocycles. The summed E-state index contributed by atoms with van der Waals surface area (Å²) in [7, 11) is 0. The Balaban J connectivity index is 3.04. The Morgan fingerprint density at radius 1 is 1.50 bits per heavy atom. The summed E-state index contributed by atoms with van der Waals surface area (Å²) in [5.74, 6) is 0. The molecule has 0 spiro atoms. The molecule has 1 aromatic carbocycles. The van der Waals surface area contributed by atoms with Gasteiger partial charge in [0.1, 0.15) is 0 Å². The molecule has 0 amide bonds. The normalized spacial score (nSPS) is 9.50. The number of aryl methyl sites for hydroxylation is 1. The lowest BCUT2D eigenvalue weighted by molar-refractivity contribution is 1.43. The van der Waals surface area contributed by atoms with Gasteiger partial charge >= 0.3 is 0 Å². The lowest BCUT2D eigenvalue weighted by atomic mass is 10.2. The van der Waals surface area contributed by atoms with Gasteiger partial charge in [-0.3, -0.25) is 0 Å². The summed E-state index contributed by atoms with van der Waals surface area (Å²) >= 11 is 5.48. The molecule has 1 nitrogen and oxygen atoms in total. The van der Waals surface area contributed by atoms with E-state index in [2.05, 4.69) is 62.1 Å². The molecule has 0 heterocycles. The SMILES string of the molecule is Cc1cc(NBr)ccc1I. The summed E-state index contributed by atoms with van der Waals surface area (Å²) < 4.78 is 4.20. The standard InChI is InChI=1S/C7H7BrIN/c1-5-4-6(10-8)2-3-7(5)9/h2-4,10H,1H3. The topological polar surface area (TPSA) is 12.0 Å². The van der Waals surface area contributed by atoms with Gasteiger partial charge in [-0.05, 0) is 53.3 Å². The summed E-state index contributed by atoms with van der Waals surface area (Å²) in [6.07, 6.45) is 0. The molecule has 54 valence electrons. The van der Waals surface area contributed by atoms with Crippen LogP contribution in [0.3, 0.4) is 0 Å². The Labute approximate surface area is 82.7 Å². The lowest BCUT2D eigenvalue weighted by Crippen LogP contribution is -1.83. The van der Waals surface area contributed by atoms with Crippen LogP contribution in [0.2, 0.25) is 0 Å². The molecule has 0 fully saturated rings. The largest absolute Gasteiger partial charge is 0.322 e. The van der Waals surface area contributed by atoms with Gasteiger partial charge in [-0.1, -0.05) is 0 Å². The minimum atomic E-state index is 1.10. The van der Waals surface area contributed by atoms with Crippen molar-refractivity contribution in [3.8, 4) is 0 Å². The van der Waals surface area contributed by atoms with Crippen molar-refractivity contribution in [3.63, 3.8) is 0 Å². The van der Waals surface area contributed by atoms with Crippen molar-refractivity contribution < 1.29 is 0 Å². The second kappa shape index (κ2) is 3.57. The lowest BCUT2D eigenvalue weighted by Gasteiger charge is -2.00. The van der Waals surface area contributed by atoms with E-state index < -0.39 is 0 Å². The first kappa shape index (κ1) is 8.33. The van der Waals surface area contributed by atoms with E-state index in [1.807, 2.05) is 6.07 Å². The van der Waals surface area contributed by atoms with E-state index in [4.69, 9.17) is 0 Å². The molecule has 0 atom stereocenters. The zero-order chi connectivity index (χ0) is 7.56. The summed E-state index contributed by atoms with van der Waals surface area (Å²) in [4.78, 5) is 0. The average molecular weight is 312 g/mol. The third kappa shape index (κ3) is 1.85. The van der Waals surface area contributed by atoms with Crippen molar-refractivity contribution in [1.29, 1.82) is 0 Å². The maximum Gasteiger partial charge on any atom is 0.0465 e. The molecule has 0 radical (unpaired) electrons. The number of nitrogens with one attached hydrogen (secondary N) is 1. The fourth-order valence-electron chi connectivity index (χ4n) is 0.703. The number of hydrogen-bond acceptors (Lipinski definition) is 1. The van der Waals surface area contributed by atoms with Crippen LogP contribution in [0, 0.1) is 10.5 Å². The van der Waals surface area contributed by atoms with Crippen molar-refractivity contribution >= 4 is 44.4 Å². The quantitative estimate of drug-likeness (QED) is 0.620. The van der Waals surface area contributed by atoms with Crippen molar-refractivity contribution in [2.75, 3.05) is 4.34 Å². The van der Waals surface area contributed by atoms with E-state index in [0.29, 0.717) is 0 Å². The van der Waals surface area contributed by atoms with Crippen LogP contribution < -0.4 is 4.34 Å². The number of rotatable bonds is 1. The fraction of sp³-hybridized carbons (Fsp3) is 0.143. The highest BCUT2D eigenvalue weighted by atomic mass is 127. The molecule has 0 aliphatic carbocycles. The molecule has 0 aliphatic heterocycles. The third-order valence-electron chi connectivity index (χ3n) is 1.27. The Kier molecular flexibility index (Phi) is 2.97. The Morgan fingerprint density at radius 3 is 2.70 bits per heavy atom. The maximum absolute atomic E-state index is 3.16. The molecule has 0 aromatic heterocycles. The van der Waals surface area contributed by atoms with Gasteiger partial charge in [-0.2, -0.15) is 0 Å². The predicted octanol–water partition coefficient (Wildman–Crippen LogP) is 3.32. The predicted molar refractivity (Wildman–Crippen MR) is 56.4 cm³/mol. The van der Waals surface area contributed by atoms with Gasteiger partial charge in [0.15, 0.2) is 0 Å². The fourth-order valence-corrected chi connectivity index (χ4v) is 1.29. The second-order valence-corrected chi connectivity index (χ2v) is 3.62. The summed E-state index contributed by atoms with van der Waals surface area (Å²) in [6.45, 7) is 2.09. The van der Waals surface area contributed by atoms with Crippen LogP contribution in [0.25, 0.3) is 0 Å². The molecule has 0 aliphatic rings. The van der Waals surface area contributed by atoms with Crippen LogP contribution in [0.1, 0.15) is 5.56 Å². The molecule has 1 rings (SSSR count). The molecule has 0 unspecified atom stereocenters. The van der Waals surface area contributed by atoms with E-state index in [-0.39, 0.29) is 0 Å². The monoisotopic (exact) mass is 311 g/mol. The minimum Gasteiger partial charge on any atom is -0.322 e. The molecule has 1 aromatic rings. The van der Waals surface area contributed by atoms with Gasteiger partial charge in [-0.15, -0.1) is 0 Å². The molecular weight excluding hydrogens is 305 g/mol. The first-order chi connectivity index (χ1) is 4.74. The van der Waals surface area contributed by atoms with E-state index in [9.17, 15) is 0 Å².